The Balaban J connectivity index is 1.45. The van der Waals surface area contributed by atoms with Gasteiger partial charge in [-0.05, 0) is 31.1 Å². The van der Waals surface area contributed by atoms with E-state index in [2.05, 4.69) is 31.0 Å². The molecule has 4 aliphatic rings. The number of nitrogens with one attached hydrogen (secondary N) is 3. The Morgan fingerprint density at radius 3 is 2.86 bits per heavy atom. The molecule has 1 aliphatic carbocycles. The zero-order valence-corrected chi connectivity index (χ0v) is 15.9. The summed E-state index contributed by atoms with van der Waals surface area (Å²) in [6, 6.07) is 7.61. The monoisotopic (exact) mass is 415 g/mol. The summed E-state index contributed by atoms with van der Waals surface area (Å²) in [6.45, 7) is 0. The first-order chi connectivity index (χ1) is 14.1. The number of amides is 1. The number of aliphatic imine (C=N–C) groups is 2. The lowest BCUT2D eigenvalue weighted by molar-refractivity contribution is -0.117. The van der Waals surface area contributed by atoms with Gasteiger partial charge in [0.05, 0.1) is 17.0 Å². The van der Waals surface area contributed by atoms with Gasteiger partial charge in [0.1, 0.15) is 11.4 Å². The van der Waals surface area contributed by atoms with Crippen LogP contribution in [0.3, 0.4) is 0 Å². The normalized spacial score (nSPS) is 30.7. The first-order valence-corrected chi connectivity index (χ1v) is 9.60. The maximum Gasteiger partial charge on any atom is 0.299 e. The van der Waals surface area contributed by atoms with Crippen LogP contribution < -0.4 is 20.7 Å². The Morgan fingerprint density at radius 1 is 1.31 bits per heavy atom. The fraction of sp³-hybridized carbons (Fsp3) is 0.333. The number of hydrazone groups is 1. The quantitative estimate of drug-likeness (QED) is 0.527. The summed E-state index contributed by atoms with van der Waals surface area (Å²) >= 11 is 6.20. The summed E-state index contributed by atoms with van der Waals surface area (Å²) in [5, 5.41) is 24.2. The second-order valence-corrected chi connectivity index (χ2v) is 7.38. The predicted molar refractivity (Wildman–Crippen MR) is 106 cm³/mol. The van der Waals surface area contributed by atoms with Crippen LogP contribution in [0.25, 0.3) is 0 Å². The van der Waals surface area contributed by atoms with Crippen molar-refractivity contribution in [2.45, 2.75) is 31.4 Å². The highest BCUT2D eigenvalue weighted by Crippen LogP contribution is 2.29. The lowest BCUT2D eigenvalue weighted by atomic mass is 10.1. The molecule has 5 rings (SSSR count). The Morgan fingerprint density at radius 2 is 2.14 bits per heavy atom. The summed E-state index contributed by atoms with van der Waals surface area (Å²) in [7, 11) is 0. The summed E-state index contributed by atoms with van der Waals surface area (Å²) < 4.78 is 5.87. The second-order valence-electron chi connectivity index (χ2n) is 6.98. The number of carbonyl (C=O) groups excluding carboxylic acids is 1. The molecule has 0 aromatic heterocycles. The van der Waals surface area contributed by atoms with E-state index in [9.17, 15) is 9.90 Å². The molecule has 1 saturated carbocycles. The molecule has 10 nitrogen and oxygen atoms in total. The Kier molecular flexibility index (Phi) is 4.36. The van der Waals surface area contributed by atoms with E-state index >= 15 is 0 Å². The highest BCUT2D eigenvalue weighted by molar-refractivity contribution is 6.32. The van der Waals surface area contributed by atoms with Crippen LogP contribution in [0.2, 0.25) is 5.02 Å². The van der Waals surface area contributed by atoms with Crippen LogP contribution in [0.4, 0.5) is 0 Å². The van der Waals surface area contributed by atoms with E-state index in [1.54, 1.807) is 29.4 Å². The van der Waals surface area contributed by atoms with Gasteiger partial charge < -0.3 is 20.5 Å². The van der Waals surface area contributed by atoms with Gasteiger partial charge in [0.2, 0.25) is 12.3 Å². The number of hydrogen-bond donors (Lipinski definition) is 4. The van der Waals surface area contributed by atoms with Gasteiger partial charge >= 0.3 is 0 Å². The van der Waals surface area contributed by atoms with E-state index in [1.807, 2.05) is 12.1 Å². The Bertz CT molecular complexity index is 972. The smallest absolute Gasteiger partial charge is 0.299 e. The van der Waals surface area contributed by atoms with Crippen LogP contribution in [0.15, 0.2) is 51.1 Å². The number of halogens is 1. The number of aliphatic hydroxyl groups excluding tert-OH is 1. The number of fused-ring (bicyclic) bond motifs is 1. The van der Waals surface area contributed by atoms with Crippen molar-refractivity contribution in [3.63, 3.8) is 0 Å². The molecule has 11 heteroatoms. The standard InChI is InChI=1S/C18H18ClN7O3/c19-11-3-1-2-4-13(11)29-18-23-14-9(7-12-15(27)24-17(28)22-12)8-20-26(14)16(25-18)21-10-5-6-10/h1-4,7-10,14,17,22,28H,5-6H2,(H,24,27)(H,21,23,25)/b12-7-. The predicted octanol–water partition coefficient (Wildman–Crippen LogP) is 0.319. The molecule has 3 unspecified atom stereocenters. The number of aliphatic hydroxyl groups is 1. The molecule has 3 heterocycles. The van der Waals surface area contributed by atoms with Crippen LogP contribution in [0, 0.1) is 5.92 Å². The largest absolute Gasteiger partial charge is 0.424 e. The van der Waals surface area contributed by atoms with Crippen molar-refractivity contribution in [2.24, 2.45) is 21.0 Å². The minimum atomic E-state index is -1.11. The number of nitrogens with zero attached hydrogens (tertiary/aromatic N) is 4. The fourth-order valence-corrected chi connectivity index (χ4v) is 3.31. The molecular weight excluding hydrogens is 398 g/mol. The zero-order chi connectivity index (χ0) is 20.0. The van der Waals surface area contributed by atoms with Crippen LogP contribution in [-0.2, 0) is 4.79 Å². The first-order valence-electron chi connectivity index (χ1n) is 9.22. The topological polar surface area (TPSA) is 123 Å². The van der Waals surface area contributed by atoms with Gasteiger partial charge in [0.15, 0.2) is 6.17 Å². The molecule has 0 radical (unpaired) electrons. The van der Waals surface area contributed by atoms with E-state index in [0.717, 1.165) is 12.8 Å². The summed E-state index contributed by atoms with van der Waals surface area (Å²) in [6.07, 6.45) is 3.83. The Labute approximate surface area is 171 Å². The van der Waals surface area contributed by atoms with Gasteiger partial charge in [0, 0.05) is 6.21 Å². The van der Waals surface area contributed by atoms with Gasteiger partial charge in [-0.3, -0.25) is 10.1 Å². The molecule has 3 atom stereocenters. The lowest BCUT2D eigenvalue weighted by Crippen LogP contribution is -2.52. The first kappa shape index (κ1) is 18.0. The Hall–Kier alpha value is -3.11. The van der Waals surface area contributed by atoms with Crippen molar-refractivity contribution in [3.8, 4) is 5.75 Å². The lowest BCUT2D eigenvalue weighted by Gasteiger charge is -2.30. The third-order valence-corrected chi connectivity index (χ3v) is 5.01. The molecule has 0 bridgehead atoms. The molecule has 150 valence electrons. The summed E-state index contributed by atoms with van der Waals surface area (Å²) in [5.74, 6) is 0.288. The molecule has 1 aromatic rings. The molecule has 1 aromatic carbocycles. The number of carbonyl (C=O) groups is 1. The number of rotatable bonds is 3. The van der Waals surface area contributed by atoms with E-state index in [0.29, 0.717) is 16.7 Å². The second kappa shape index (κ2) is 7.05. The van der Waals surface area contributed by atoms with E-state index in [4.69, 9.17) is 16.3 Å². The average molecular weight is 416 g/mol. The molecule has 2 fully saturated rings. The summed E-state index contributed by atoms with van der Waals surface area (Å²) in [5.41, 5.74) is 0.263. The van der Waals surface area contributed by atoms with Crippen molar-refractivity contribution in [1.82, 2.24) is 21.0 Å². The average Bonchev–Trinajstić information content (AvgIpc) is 3.33. The maximum absolute atomic E-state index is 11.9. The van der Waals surface area contributed by atoms with Crippen molar-refractivity contribution < 1.29 is 14.6 Å². The van der Waals surface area contributed by atoms with Crippen LogP contribution in [0.5, 0.6) is 5.75 Å². The van der Waals surface area contributed by atoms with Crippen LogP contribution >= 0.6 is 11.6 Å². The summed E-state index contributed by atoms with van der Waals surface area (Å²) in [4.78, 5) is 21.2. The zero-order valence-electron chi connectivity index (χ0n) is 15.1. The number of hydrogen-bond acceptors (Lipinski definition) is 7. The molecule has 0 spiro atoms. The number of guanidine groups is 1. The van der Waals surface area contributed by atoms with Crippen molar-refractivity contribution in [2.75, 3.05) is 0 Å². The molecule has 3 aliphatic heterocycles. The maximum atomic E-state index is 11.9. The van der Waals surface area contributed by atoms with Gasteiger partial charge in [-0.1, -0.05) is 23.7 Å². The minimum Gasteiger partial charge on any atom is -0.424 e. The van der Waals surface area contributed by atoms with Crippen LogP contribution in [0.1, 0.15) is 12.8 Å². The molecule has 1 saturated heterocycles. The van der Waals surface area contributed by atoms with Gasteiger partial charge in [0.25, 0.3) is 11.9 Å². The highest BCUT2D eigenvalue weighted by atomic mass is 35.5. The van der Waals surface area contributed by atoms with Crippen LogP contribution in [-0.4, -0.2) is 52.8 Å². The van der Waals surface area contributed by atoms with Gasteiger partial charge in [-0.25, -0.2) is 15.0 Å². The molecular formula is C18H18ClN7O3. The van der Waals surface area contributed by atoms with E-state index in [-0.39, 0.29) is 29.6 Å². The van der Waals surface area contributed by atoms with Gasteiger partial charge in [-0.2, -0.15) is 5.10 Å². The SMILES string of the molecule is O=C1NC(O)N/C1=C\C1C=NN2C(=NC3CC3)NC(Oc3ccccc3Cl)=NC12. The number of benzene rings is 1. The number of para-hydroxylation sites is 1. The van der Waals surface area contributed by atoms with E-state index in [1.165, 1.54) is 0 Å². The third-order valence-electron chi connectivity index (χ3n) is 4.70. The molecule has 1 amide bonds. The van der Waals surface area contributed by atoms with Crippen molar-refractivity contribution in [3.05, 3.63) is 41.1 Å². The van der Waals surface area contributed by atoms with Crippen molar-refractivity contribution in [1.29, 1.82) is 0 Å². The molecule has 29 heavy (non-hydrogen) atoms. The molecule has 4 N–H and O–H groups in total. The van der Waals surface area contributed by atoms with Crippen molar-refractivity contribution >= 4 is 35.7 Å². The minimum absolute atomic E-state index is 0.247. The fourth-order valence-electron chi connectivity index (χ4n) is 3.13. The third kappa shape index (κ3) is 3.64. The van der Waals surface area contributed by atoms with Gasteiger partial charge in [-0.15, -0.1) is 0 Å². The number of amidine groups is 1. The number of ether oxygens (including phenoxy) is 1. The van der Waals surface area contributed by atoms with E-state index < -0.39 is 12.5 Å². The highest BCUT2D eigenvalue weighted by Gasteiger charge is 2.39.